The molecule has 0 atom stereocenters. The molecule has 1 aromatic carbocycles. The van der Waals surface area contributed by atoms with E-state index in [0.717, 1.165) is 25.9 Å². The fraction of sp³-hybridized carbons (Fsp3) is 0.400. The number of anilines is 2. The molecule has 1 fully saturated rings. The number of nitrogens with zero attached hydrogens (tertiary/aromatic N) is 3. The van der Waals surface area contributed by atoms with Gasteiger partial charge < -0.3 is 10.2 Å². The molecular formula is C20H26N4O3S. The van der Waals surface area contributed by atoms with Crippen molar-refractivity contribution in [3.05, 3.63) is 48.7 Å². The van der Waals surface area contributed by atoms with Crippen LogP contribution >= 0.6 is 0 Å². The van der Waals surface area contributed by atoms with E-state index in [1.165, 1.54) is 10.5 Å². The lowest BCUT2D eigenvalue weighted by atomic mass is 10.3. The maximum Gasteiger partial charge on any atom is 0.265 e. The van der Waals surface area contributed by atoms with Crippen LogP contribution in [0.1, 0.15) is 26.2 Å². The van der Waals surface area contributed by atoms with Gasteiger partial charge in [0, 0.05) is 38.8 Å². The molecule has 2 aromatic rings. The lowest BCUT2D eigenvalue weighted by Gasteiger charge is -2.22. The van der Waals surface area contributed by atoms with Crippen molar-refractivity contribution in [1.82, 2.24) is 9.88 Å². The summed E-state index contributed by atoms with van der Waals surface area (Å²) in [7, 11) is -3.68. The number of sulfonamides is 1. The number of benzene rings is 1. The van der Waals surface area contributed by atoms with Crippen LogP contribution in [0.5, 0.6) is 0 Å². The van der Waals surface area contributed by atoms with Crippen molar-refractivity contribution in [1.29, 1.82) is 0 Å². The van der Waals surface area contributed by atoms with Crippen LogP contribution in [-0.2, 0) is 14.8 Å². The fourth-order valence-electron chi connectivity index (χ4n) is 3.27. The number of amides is 1. The number of para-hydroxylation sites is 1. The maximum atomic E-state index is 12.9. The van der Waals surface area contributed by atoms with Crippen LogP contribution in [0, 0.1) is 0 Å². The summed E-state index contributed by atoms with van der Waals surface area (Å²) in [5.74, 6) is 0.696. The summed E-state index contributed by atoms with van der Waals surface area (Å²) in [6, 6.07) is 12.2. The normalized spacial score (nSPS) is 14.1. The van der Waals surface area contributed by atoms with Gasteiger partial charge in [-0.15, -0.1) is 0 Å². The Balaban J connectivity index is 1.62. The molecule has 28 heavy (non-hydrogen) atoms. The van der Waals surface area contributed by atoms with Crippen molar-refractivity contribution >= 4 is 27.4 Å². The molecule has 3 rings (SSSR count). The zero-order chi connectivity index (χ0) is 20.0. The Hall–Kier alpha value is -2.61. The van der Waals surface area contributed by atoms with Crippen LogP contribution < -0.4 is 9.62 Å². The first-order chi connectivity index (χ1) is 13.5. The Morgan fingerprint density at radius 3 is 2.46 bits per heavy atom. The summed E-state index contributed by atoms with van der Waals surface area (Å²) in [6.07, 6.45) is 3.91. The second kappa shape index (κ2) is 9.05. The van der Waals surface area contributed by atoms with Gasteiger partial charge in [0.25, 0.3) is 10.0 Å². The number of aromatic nitrogens is 1. The van der Waals surface area contributed by atoms with Crippen LogP contribution in [0.3, 0.4) is 0 Å². The molecule has 2 heterocycles. The first kappa shape index (κ1) is 20.1. The number of hydrogen-bond acceptors (Lipinski definition) is 5. The molecule has 0 saturated carbocycles. The topological polar surface area (TPSA) is 82.6 Å². The van der Waals surface area contributed by atoms with Gasteiger partial charge in [0.15, 0.2) is 0 Å². The van der Waals surface area contributed by atoms with Crippen LogP contribution in [0.4, 0.5) is 11.5 Å². The van der Waals surface area contributed by atoms with Gasteiger partial charge in [-0.3, -0.25) is 9.10 Å². The summed E-state index contributed by atoms with van der Waals surface area (Å²) in [5, 5.41) is 3.09. The van der Waals surface area contributed by atoms with E-state index < -0.39 is 10.0 Å². The zero-order valence-corrected chi connectivity index (χ0v) is 16.9. The number of carbonyl (C=O) groups excluding carboxylic acids is 1. The number of rotatable bonds is 8. The van der Waals surface area contributed by atoms with E-state index >= 15 is 0 Å². The predicted molar refractivity (Wildman–Crippen MR) is 110 cm³/mol. The second-order valence-electron chi connectivity index (χ2n) is 6.65. The summed E-state index contributed by atoms with van der Waals surface area (Å²) < 4.78 is 27.2. The molecule has 1 amide bonds. The number of hydrogen-bond donors (Lipinski definition) is 1. The van der Waals surface area contributed by atoms with E-state index in [1.807, 2.05) is 23.1 Å². The van der Waals surface area contributed by atoms with Crippen molar-refractivity contribution in [2.75, 3.05) is 35.8 Å². The lowest BCUT2D eigenvalue weighted by Crippen LogP contribution is -2.30. The summed E-state index contributed by atoms with van der Waals surface area (Å²) >= 11 is 0. The number of pyridine rings is 1. The van der Waals surface area contributed by atoms with Gasteiger partial charge in [0.2, 0.25) is 5.91 Å². The molecular weight excluding hydrogens is 376 g/mol. The Morgan fingerprint density at radius 2 is 1.86 bits per heavy atom. The fourth-order valence-corrected chi connectivity index (χ4v) is 4.69. The van der Waals surface area contributed by atoms with Crippen LogP contribution in [0.25, 0.3) is 0 Å². The monoisotopic (exact) mass is 402 g/mol. The minimum atomic E-state index is -3.68. The molecule has 0 aliphatic carbocycles. The van der Waals surface area contributed by atoms with E-state index in [9.17, 15) is 13.2 Å². The summed E-state index contributed by atoms with van der Waals surface area (Å²) in [4.78, 5) is 18.3. The third-order valence-electron chi connectivity index (χ3n) is 4.76. The number of likely N-dealkylation sites (tertiary alicyclic amines) is 1. The van der Waals surface area contributed by atoms with E-state index in [2.05, 4.69) is 10.3 Å². The van der Waals surface area contributed by atoms with Crippen molar-refractivity contribution in [2.45, 2.75) is 31.1 Å². The highest BCUT2D eigenvalue weighted by Gasteiger charge is 2.24. The molecule has 0 bridgehead atoms. The quantitative estimate of drug-likeness (QED) is 0.734. The number of nitrogens with one attached hydrogen (secondary N) is 1. The van der Waals surface area contributed by atoms with Crippen LogP contribution in [-0.4, -0.2) is 50.4 Å². The second-order valence-corrected chi connectivity index (χ2v) is 8.51. The highest BCUT2D eigenvalue weighted by Crippen LogP contribution is 2.23. The van der Waals surface area contributed by atoms with Gasteiger partial charge in [-0.25, -0.2) is 13.4 Å². The van der Waals surface area contributed by atoms with Gasteiger partial charge >= 0.3 is 0 Å². The minimum absolute atomic E-state index is 0.136. The third kappa shape index (κ3) is 4.62. The van der Waals surface area contributed by atoms with Crippen molar-refractivity contribution in [3.63, 3.8) is 0 Å². The van der Waals surface area contributed by atoms with Crippen molar-refractivity contribution in [3.8, 4) is 0 Å². The molecule has 1 saturated heterocycles. The summed E-state index contributed by atoms with van der Waals surface area (Å²) in [5.41, 5.74) is 0.618. The Bertz CT molecular complexity index is 879. The zero-order valence-electron chi connectivity index (χ0n) is 16.0. The minimum Gasteiger partial charge on any atom is -0.370 e. The van der Waals surface area contributed by atoms with E-state index in [0.29, 0.717) is 31.0 Å². The van der Waals surface area contributed by atoms with Crippen molar-refractivity contribution in [2.24, 2.45) is 0 Å². The summed E-state index contributed by atoms with van der Waals surface area (Å²) in [6.45, 7) is 4.29. The highest BCUT2D eigenvalue weighted by atomic mass is 32.2. The van der Waals surface area contributed by atoms with Gasteiger partial charge in [0.1, 0.15) is 10.7 Å². The van der Waals surface area contributed by atoms with E-state index in [-0.39, 0.29) is 10.8 Å². The standard InChI is InChI=1S/C20H26N4O3S/c1-2-24(17-8-4-3-5-9-17)28(26,27)18-10-11-19(22-16-18)21-13-12-20(25)23-14-6-7-15-23/h3-5,8-11,16H,2,6-7,12-15H2,1H3,(H,21,22). The molecule has 1 aliphatic rings. The van der Waals surface area contributed by atoms with Gasteiger partial charge in [-0.1, -0.05) is 18.2 Å². The molecule has 1 N–H and O–H groups in total. The smallest absolute Gasteiger partial charge is 0.265 e. The number of carbonyl (C=O) groups is 1. The molecule has 0 spiro atoms. The first-order valence-electron chi connectivity index (χ1n) is 9.58. The molecule has 8 heteroatoms. The first-order valence-corrected chi connectivity index (χ1v) is 11.0. The predicted octanol–water partition coefficient (Wildman–Crippen LogP) is 2.72. The molecule has 150 valence electrons. The molecule has 0 radical (unpaired) electrons. The third-order valence-corrected chi connectivity index (χ3v) is 6.65. The molecule has 1 aromatic heterocycles. The Labute approximate surface area is 166 Å². The molecule has 1 aliphatic heterocycles. The van der Waals surface area contributed by atoms with E-state index in [1.54, 1.807) is 31.2 Å². The van der Waals surface area contributed by atoms with Gasteiger partial charge in [0.05, 0.1) is 5.69 Å². The maximum absolute atomic E-state index is 12.9. The van der Waals surface area contributed by atoms with Gasteiger partial charge in [-0.2, -0.15) is 0 Å². The molecule has 7 nitrogen and oxygen atoms in total. The van der Waals surface area contributed by atoms with Crippen LogP contribution in [0.2, 0.25) is 0 Å². The average molecular weight is 403 g/mol. The highest BCUT2D eigenvalue weighted by molar-refractivity contribution is 7.92. The van der Waals surface area contributed by atoms with Gasteiger partial charge in [-0.05, 0) is 44.0 Å². The largest absolute Gasteiger partial charge is 0.370 e. The lowest BCUT2D eigenvalue weighted by molar-refractivity contribution is -0.129. The Kier molecular flexibility index (Phi) is 6.51. The average Bonchev–Trinajstić information content (AvgIpc) is 3.24. The van der Waals surface area contributed by atoms with Crippen molar-refractivity contribution < 1.29 is 13.2 Å². The van der Waals surface area contributed by atoms with E-state index in [4.69, 9.17) is 0 Å². The Morgan fingerprint density at radius 1 is 1.14 bits per heavy atom. The SMILES string of the molecule is CCN(c1ccccc1)S(=O)(=O)c1ccc(NCCC(=O)N2CCCC2)nc1. The molecule has 0 unspecified atom stereocenters. The van der Waals surface area contributed by atoms with Crippen LogP contribution in [0.15, 0.2) is 53.6 Å².